The average Bonchev–Trinajstić information content (AvgIpc) is 2.64. The van der Waals surface area contributed by atoms with Gasteiger partial charge in [0.25, 0.3) is 0 Å². The summed E-state index contributed by atoms with van der Waals surface area (Å²) in [6.45, 7) is 1.87. The number of amides is 1. The van der Waals surface area contributed by atoms with E-state index in [-0.39, 0.29) is 17.6 Å². The maximum atomic E-state index is 13.5. The molecule has 0 unspecified atom stereocenters. The molecule has 0 radical (unpaired) electrons. The number of halogens is 2. The molecule has 1 fully saturated rings. The predicted molar refractivity (Wildman–Crippen MR) is 78.7 cm³/mol. The van der Waals surface area contributed by atoms with Gasteiger partial charge in [-0.15, -0.1) is 0 Å². The van der Waals surface area contributed by atoms with E-state index in [9.17, 15) is 9.18 Å². The van der Waals surface area contributed by atoms with Crippen molar-refractivity contribution in [2.24, 2.45) is 5.92 Å². The highest BCUT2D eigenvalue weighted by Crippen LogP contribution is 2.27. The fourth-order valence-corrected chi connectivity index (χ4v) is 3.02. The van der Waals surface area contributed by atoms with Gasteiger partial charge in [-0.25, -0.2) is 4.39 Å². The van der Waals surface area contributed by atoms with E-state index >= 15 is 0 Å². The Bertz CT molecular complexity index is 467. The Labute approximate surface area is 121 Å². The zero-order valence-electron chi connectivity index (χ0n) is 11.1. The molecule has 1 saturated carbocycles. The number of hydrogen-bond acceptors (Lipinski definition) is 1. The molecular formula is C15H19BrFNO. The lowest BCUT2D eigenvalue weighted by Crippen LogP contribution is -2.22. The van der Waals surface area contributed by atoms with E-state index in [1.54, 1.807) is 6.07 Å². The van der Waals surface area contributed by atoms with Crippen molar-refractivity contribution in [1.29, 1.82) is 0 Å². The normalized spacial score (nSPS) is 17.0. The van der Waals surface area contributed by atoms with Crippen molar-refractivity contribution in [2.75, 3.05) is 5.32 Å². The third-order valence-corrected chi connectivity index (χ3v) is 4.36. The highest BCUT2D eigenvalue weighted by molar-refractivity contribution is 9.10. The van der Waals surface area contributed by atoms with Gasteiger partial charge in [-0.1, -0.05) is 25.7 Å². The molecule has 0 bridgehead atoms. The minimum absolute atomic E-state index is 0.0340. The molecule has 2 nitrogen and oxygen atoms in total. The number of hydrogen-bond donors (Lipinski definition) is 1. The minimum Gasteiger partial charge on any atom is -0.326 e. The van der Waals surface area contributed by atoms with Gasteiger partial charge in [0, 0.05) is 11.6 Å². The summed E-state index contributed by atoms with van der Waals surface area (Å²) in [5.74, 6) is -0.234. The van der Waals surface area contributed by atoms with Crippen molar-refractivity contribution in [3.05, 3.63) is 28.0 Å². The van der Waals surface area contributed by atoms with E-state index in [0.717, 1.165) is 31.2 Å². The number of carbonyl (C=O) groups excluding carboxylic acids is 1. The van der Waals surface area contributed by atoms with Crippen molar-refractivity contribution < 1.29 is 9.18 Å². The van der Waals surface area contributed by atoms with Crippen molar-refractivity contribution >= 4 is 27.5 Å². The van der Waals surface area contributed by atoms with Crippen LogP contribution in [0.15, 0.2) is 16.6 Å². The third kappa shape index (κ3) is 3.78. The summed E-state index contributed by atoms with van der Waals surface area (Å²) in [5.41, 5.74) is 1.45. The van der Waals surface area contributed by atoms with E-state index in [4.69, 9.17) is 0 Å². The van der Waals surface area contributed by atoms with E-state index in [2.05, 4.69) is 21.2 Å². The van der Waals surface area contributed by atoms with E-state index < -0.39 is 0 Å². The number of carbonyl (C=O) groups is 1. The van der Waals surface area contributed by atoms with E-state index in [1.807, 2.05) is 6.92 Å². The molecule has 1 aliphatic carbocycles. The van der Waals surface area contributed by atoms with Gasteiger partial charge in [0.1, 0.15) is 5.82 Å². The summed E-state index contributed by atoms with van der Waals surface area (Å²) in [5, 5.41) is 2.88. The summed E-state index contributed by atoms with van der Waals surface area (Å²) in [6, 6.07) is 3.08. The minimum atomic E-state index is -0.346. The molecule has 0 aromatic heterocycles. The third-order valence-electron chi connectivity index (χ3n) is 3.75. The highest BCUT2D eigenvalue weighted by Gasteiger charge is 2.20. The Morgan fingerprint density at radius 2 is 1.89 bits per heavy atom. The molecule has 0 atom stereocenters. The van der Waals surface area contributed by atoms with Gasteiger partial charge < -0.3 is 5.32 Å². The van der Waals surface area contributed by atoms with Crippen LogP contribution in [0.4, 0.5) is 10.1 Å². The maximum Gasteiger partial charge on any atom is 0.227 e. The summed E-state index contributed by atoms with van der Waals surface area (Å²) in [7, 11) is 0. The van der Waals surface area contributed by atoms with Gasteiger partial charge in [-0.05, 0) is 53.4 Å². The molecule has 4 heteroatoms. The zero-order chi connectivity index (χ0) is 13.8. The van der Waals surface area contributed by atoms with Gasteiger partial charge in [0.2, 0.25) is 5.91 Å². The van der Waals surface area contributed by atoms with Gasteiger partial charge in [0.05, 0.1) is 4.47 Å². The first kappa shape index (κ1) is 14.5. The standard InChI is InChI=1S/C15H19BrFNO/c1-10-8-12(16)13(17)9-14(10)18-15(19)11-6-4-2-3-5-7-11/h8-9,11H,2-7H2,1H3,(H,18,19). The molecule has 104 valence electrons. The maximum absolute atomic E-state index is 13.5. The van der Waals surface area contributed by atoms with Crippen molar-refractivity contribution in [1.82, 2.24) is 0 Å². The molecule has 0 heterocycles. The van der Waals surface area contributed by atoms with Crippen LogP contribution in [0.1, 0.15) is 44.1 Å². The molecule has 2 rings (SSSR count). The monoisotopic (exact) mass is 327 g/mol. The molecule has 0 saturated heterocycles. The van der Waals surface area contributed by atoms with Crippen LogP contribution in [-0.2, 0) is 4.79 Å². The van der Waals surface area contributed by atoms with Gasteiger partial charge in [-0.2, -0.15) is 0 Å². The summed E-state index contributed by atoms with van der Waals surface area (Å²) < 4.78 is 13.9. The molecule has 1 aliphatic rings. The Balaban J connectivity index is 2.07. The largest absolute Gasteiger partial charge is 0.326 e. The smallest absolute Gasteiger partial charge is 0.227 e. The molecule has 1 amide bonds. The Hall–Kier alpha value is -0.900. The number of benzene rings is 1. The zero-order valence-corrected chi connectivity index (χ0v) is 12.7. The van der Waals surface area contributed by atoms with Crippen LogP contribution in [0.5, 0.6) is 0 Å². The molecule has 1 aromatic rings. The second kappa shape index (κ2) is 6.51. The summed E-state index contributed by atoms with van der Waals surface area (Å²) >= 11 is 3.15. The molecule has 0 spiro atoms. The van der Waals surface area contributed by atoms with Crippen molar-refractivity contribution in [3.63, 3.8) is 0 Å². The molecule has 0 aliphatic heterocycles. The Morgan fingerprint density at radius 3 is 2.53 bits per heavy atom. The Morgan fingerprint density at radius 1 is 1.26 bits per heavy atom. The quantitative estimate of drug-likeness (QED) is 0.776. The first-order valence-corrected chi connectivity index (χ1v) is 7.63. The second-order valence-electron chi connectivity index (χ2n) is 5.26. The number of nitrogens with one attached hydrogen (secondary N) is 1. The van der Waals surface area contributed by atoms with Gasteiger partial charge >= 0.3 is 0 Å². The fourth-order valence-electron chi connectivity index (χ4n) is 2.56. The summed E-state index contributed by atoms with van der Waals surface area (Å²) in [4.78, 5) is 12.2. The van der Waals surface area contributed by atoms with Crippen LogP contribution in [-0.4, -0.2) is 5.91 Å². The Kier molecular flexibility index (Phi) is 4.97. The molecule has 1 N–H and O–H groups in total. The molecule has 19 heavy (non-hydrogen) atoms. The highest BCUT2D eigenvalue weighted by atomic mass is 79.9. The lowest BCUT2D eigenvalue weighted by Gasteiger charge is -2.15. The van der Waals surface area contributed by atoms with Crippen LogP contribution in [0.3, 0.4) is 0 Å². The van der Waals surface area contributed by atoms with Crippen LogP contribution in [0.2, 0.25) is 0 Å². The SMILES string of the molecule is Cc1cc(Br)c(F)cc1NC(=O)C1CCCCCC1. The van der Waals surface area contributed by atoms with Crippen LogP contribution in [0, 0.1) is 18.7 Å². The van der Waals surface area contributed by atoms with Crippen LogP contribution >= 0.6 is 15.9 Å². The number of anilines is 1. The first-order valence-electron chi connectivity index (χ1n) is 6.84. The lowest BCUT2D eigenvalue weighted by atomic mass is 9.99. The van der Waals surface area contributed by atoms with Crippen LogP contribution < -0.4 is 5.32 Å². The fraction of sp³-hybridized carbons (Fsp3) is 0.533. The number of aryl methyl sites for hydroxylation is 1. The molecule has 1 aromatic carbocycles. The van der Waals surface area contributed by atoms with Crippen LogP contribution in [0.25, 0.3) is 0 Å². The van der Waals surface area contributed by atoms with Gasteiger partial charge in [-0.3, -0.25) is 4.79 Å². The topological polar surface area (TPSA) is 29.1 Å². The average molecular weight is 328 g/mol. The number of rotatable bonds is 2. The molecular weight excluding hydrogens is 309 g/mol. The summed E-state index contributed by atoms with van der Waals surface area (Å²) in [6.07, 6.45) is 6.57. The van der Waals surface area contributed by atoms with E-state index in [0.29, 0.717) is 10.2 Å². The second-order valence-corrected chi connectivity index (χ2v) is 6.11. The van der Waals surface area contributed by atoms with Crippen molar-refractivity contribution in [2.45, 2.75) is 45.4 Å². The van der Waals surface area contributed by atoms with Crippen molar-refractivity contribution in [3.8, 4) is 0 Å². The predicted octanol–water partition coefficient (Wildman–Crippen LogP) is 4.81. The van der Waals surface area contributed by atoms with E-state index in [1.165, 1.54) is 18.9 Å². The first-order chi connectivity index (χ1) is 9.08. The van der Waals surface area contributed by atoms with Gasteiger partial charge in [0.15, 0.2) is 0 Å². The lowest BCUT2D eigenvalue weighted by molar-refractivity contribution is -0.120.